The Balaban J connectivity index is 1.54. The van der Waals surface area contributed by atoms with Crippen molar-refractivity contribution in [2.24, 2.45) is 0 Å². The van der Waals surface area contributed by atoms with Gasteiger partial charge in [0.25, 0.3) is 0 Å². The maximum atomic E-state index is 5.63. The number of methoxy groups -OCH3 is 2. The van der Waals surface area contributed by atoms with Gasteiger partial charge in [0, 0.05) is 48.0 Å². The Bertz CT molecular complexity index is 1260. The van der Waals surface area contributed by atoms with Crippen LogP contribution in [-0.4, -0.2) is 33.9 Å². The molecule has 5 rings (SSSR count). The van der Waals surface area contributed by atoms with E-state index < -0.39 is 0 Å². The molecule has 1 aliphatic carbocycles. The summed E-state index contributed by atoms with van der Waals surface area (Å²) in [4.78, 5) is 9.15. The van der Waals surface area contributed by atoms with Crippen molar-refractivity contribution in [3.63, 3.8) is 0 Å². The maximum Gasteiger partial charge on any atom is 0.146 e. The van der Waals surface area contributed by atoms with Crippen LogP contribution in [0.2, 0.25) is 0 Å². The van der Waals surface area contributed by atoms with Gasteiger partial charge in [-0.05, 0) is 38.8 Å². The number of nitrogens with one attached hydrogen (secondary N) is 1. The molecule has 0 atom stereocenters. The highest BCUT2D eigenvalue weighted by atomic mass is 16.5. The number of rotatable bonds is 8. The quantitative estimate of drug-likeness (QED) is 0.410. The number of aromatic nitrogens is 4. The van der Waals surface area contributed by atoms with Gasteiger partial charge in [0.15, 0.2) is 0 Å². The molecule has 0 unspecified atom stereocenters. The van der Waals surface area contributed by atoms with Crippen LogP contribution in [0.5, 0.6) is 11.5 Å². The zero-order valence-corrected chi connectivity index (χ0v) is 18.8. The van der Waals surface area contributed by atoms with E-state index in [1.54, 1.807) is 20.5 Å². The van der Waals surface area contributed by atoms with Gasteiger partial charge in [-0.2, -0.15) is 0 Å². The fraction of sp³-hybridized carbons (Fsp3) is 0.375. The molecule has 1 saturated carbocycles. The topological polar surface area (TPSA) is 87.2 Å². The fourth-order valence-corrected chi connectivity index (χ4v) is 3.96. The predicted octanol–water partition coefficient (Wildman–Crippen LogP) is 5.17. The summed E-state index contributed by atoms with van der Waals surface area (Å²) in [5.74, 6) is 3.72. The van der Waals surface area contributed by atoms with Crippen LogP contribution in [-0.2, 0) is 6.54 Å². The molecular weight excluding hydrogens is 406 g/mol. The molecule has 0 amide bonds. The standard InChI is InChI=1S/C24H27N5O3/c1-14(2)29-12-18(19-10-21(32-28-19)15-5-6-15)22-23(26-13-27-24(22)29)25-11-16-7-8-17(30-3)9-20(16)31-4/h7-10,12-15H,5-6,11H2,1-4H3,(H,25,26,27). The Labute approximate surface area is 186 Å². The maximum absolute atomic E-state index is 5.63. The van der Waals surface area contributed by atoms with Crippen LogP contribution in [0.4, 0.5) is 5.82 Å². The van der Waals surface area contributed by atoms with Gasteiger partial charge in [-0.3, -0.25) is 0 Å². The van der Waals surface area contributed by atoms with Crippen LogP contribution < -0.4 is 14.8 Å². The normalized spacial score (nSPS) is 13.7. The molecule has 32 heavy (non-hydrogen) atoms. The van der Waals surface area contributed by atoms with E-state index in [1.165, 1.54) is 12.8 Å². The van der Waals surface area contributed by atoms with Crippen molar-refractivity contribution in [2.75, 3.05) is 19.5 Å². The zero-order valence-electron chi connectivity index (χ0n) is 18.8. The second kappa shape index (κ2) is 8.18. The van der Waals surface area contributed by atoms with Crippen LogP contribution in [0.15, 0.2) is 41.3 Å². The van der Waals surface area contributed by atoms with Crippen LogP contribution in [0, 0.1) is 0 Å². The molecule has 8 nitrogen and oxygen atoms in total. The SMILES string of the molecule is COc1ccc(CNc2ncnc3c2c(-c2cc(C4CC4)on2)cn3C(C)C)c(OC)c1. The van der Waals surface area contributed by atoms with Gasteiger partial charge in [-0.15, -0.1) is 0 Å². The first-order valence-corrected chi connectivity index (χ1v) is 10.9. The fourth-order valence-electron chi connectivity index (χ4n) is 3.96. The van der Waals surface area contributed by atoms with Gasteiger partial charge in [0.2, 0.25) is 0 Å². The third-order valence-corrected chi connectivity index (χ3v) is 5.89. The Hall–Kier alpha value is -3.55. The first kappa shape index (κ1) is 20.4. The summed E-state index contributed by atoms with van der Waals surface area (Å²) in [5.41, 5.74) is 3.65. The smallest absolute Gasteiger partial charge is 0.146 e. The monoisotopic (exact) mass is 433 g/mol. The molecule has 0 bridgehead atoms. The van der Waals surface area contributed by atoms with Gasteiger partial charge in [-0.1, -0.05) is 5.16 Å². The highest BCUT2D eigenvalue weighted by Gasteiger charge is 2.29. The third kappa shape index (κ3) is 3.66. The lowest BCUT2D eigenvalue weighted by Crippen LogP contribution is -2.05. The Morgan fingerprint density at radius 3 is 2.72 bits per heavy atom. The van der Waals surface area contributed by atoms with Crippen molar-refractivity contribution >= 4 is 16.9 Å². The molecule has 1 aliphatic rings. The largest absolute Gasteiger partial charge is 0.497 e. The average molecular weight is 434 g/mol. The van der Waals surface area contributed by atoms with Crippen LogP contribution in [0.3, 0.4) is 0 Å². The van der Waals surface area contributed by atoms with E-state index >= 15 is 0 Å². The van der Waals surface area contributed by atoms with Crippen LogP contribution in [0.25, 0.3) is 22.3 Å². The minimum Gasteiger partial charge on any atom is -0.497 e. The molecule has 0 aliphatic heterocycles. The van der Waals surface area contributed by atoms with Crippen LogP contribution >= 0.6 is 0 Å². The Morgan fingerprint density at radius 2 is 2.00 bits per heavy atom. The minimum absolute atomic E-state index is 0.241. The first-order valence-electron chi connectivity index (χ1n) is 10.9. The van der Waals surface area contributed by atoms with Gasteiger partial charge in [0.1, 0.15) is 40.7 Å². The third-order valence-electron chi connectivity index (χ3n) is 5.89. The molecule has 1 fully saturated rings. The molecule has 1 N–H and O–H groups in total. The van der Waals surface area contributed by atoms with Gasteiger partial charge >= 0.3 is 0 Å². The molecule has 1 aromatic carbocycles. The van der Waals surface area contributed by atoms with Crippen molar-refractivity contribution in [2.45, 2.75) is 45.2 Å². The molecule has 4 aromatic rings. The summed E-state index contributed by atoms with van der Waals surface area (Å²) in [7, 11) is 3.30. The van der Waals surface area contributed by atoms with Crippen LogP contribution in [0.1, 0.15) is 50.0 Å². The summed E-state index contributed by atoms with van der Waals surface area (Å²) >= 11 is 0. The van der Waals surface area contributed by atoms with Crippen molar-refractivity contribution < 1.29 is 14.0 Å². The molecule has 8 heteroatoms. The van der Waals surface area contributed by atoms with E-state index in [1.807, 2.05) is 18.2 Å². The number of fused-ring (bicyclic) bond motifs is 1. The molecule has 3 aromatic heterocycles. The zero-order chi connectivity index (χ0) is 22.2. The van der Waals surface area contributed by atoms with Crippen molar-refractivity contribution in [3.8, 4) is 22.8 Å². The lowest BCUT2D eigenvalue weighted by Gasteiger charge is -2.13. The first-order chi connectivity index (χ1) is 15.6. The van der Waals surface area contributed by atoms with E-state index in [0.717, 1.165) is 50.9 Å². The van der Waals surface area contributed by atoms with E-state index in [2.05, 4.69) is 51.1 Å². The highest BCUT2D eigenvalue weighted by molar-refractivity contribution is 6.00. The summed E-state index contributed by atoms with van der Waals surface area (Å²) in [6, 6.07) is 8.08. The number of nitrogens with zero attached hydrogens (tertiary/aromatic N) is 4. The van der Waals surface area contributed by atoms with Crippen molar-refractivity contribution in [3.05, 3.63) is 48.1 Å². The summed E-state index contributed by atoms with van der Waals surface area (Å²) in [5, 5.41) is 8.78. The van der Waals surface area contributed by atoms with E-state index in [-0.39, 0.29) is 6.04 Å². The number of benzene rings is 1. The highest BCUT2D eigenvalue weighted by Crippen LogP contribution is 2.42. The molecule has 0 saturated heterocycles. The van der Waals surface area contributed by atoms with Crippen molar-refractivity contribution in [1.82, 2.24) is 19.7 Å². The second-order valence-electron chi connectivity index (χ2n) is 8.38. The lowest BCUT2D eigenvalue weighted by atomic mass is 10.1. The van der Waals surface area contributed by atoms with Crippen molar-refractivity contribution in [1.29, 1.82) is 0 Å². The lowest BCUT2D eigenvalue weighted by molar-refractivity contribution is 0.386. The molecular formula is C24H27N5O3. The van der Waals surface area contributed by atoms with E-state index in [0.29, 0.717) is 12.5 Å². The number of anilines is 1. The summed E-state index contributed by atoms with van der Waals surface area (Å²) < 4.78 is 18.6. The van der Waals surface area contributed by atoms with Gasteiger partial charge in [0.05, 0.1) is 19.6 Å². The number of hydrogen-bond acceptors (Lipinski definition) is 7. The Kier molecular flexibility index (Phi) is 5.20. The molecule has 0 radical (unpaired) electrons. The molecule has 0 spiro atoms. The minimum atomic E-state index is 0.241. The molecule has 3 heterocycles. The Morgan fingerprint density at radius 1 is 1.16 bits per heavy atom. The summed E-state index contributed by atoms with van der Waals surface area (Å²) in [6.07, 6.45) is 6.03. The summed E-state index contributed by atoms with van der Waals surface area (Å²) in [6.45, 7) is 4.82. The van der Waals surface area contributed by atoms with E-state index in [4.69, 9.17) is 14.0 Å². The number of ether oxygens (including phenoxy) is 2. The average Bonchev–Trinajstić information content (AvgIpc) is 3.40. The van der Waals surface area contributed by atoms with E-state index in [9.17, 15) is 0 Å². The molecule has 166 valence electrons. The van der Waals surface area contributed by atoms with Gasteiger partial charge in [-0.25, -0.2) is 9.97 Å². The second-order valence-corrected chi connectivity index (χ2v) is 8.38. The number of hydrogen-bond donors (Lipinski definition) is 1. The van der Waals surface area contributed by atoms with Gasteiger partial charge < -0.3 is 23.9 Å². The predicted molar refractivity (Wildman–Crippen MR) is 122 cm³/mol.